The van der Waals surface area contributed by atoms with Crippen molar-refractivity contribution < 1.29 is 4.79 Å². The molecule has 11 heavy (non-hydrogen) atoms. The number of hydrogen-bond donors (Lipinski definition) is 0. The van der Waals surface area contributed by atoms with Crippen molar-refractivity contribution in [3.8, 4) is 0 Å². The molecule has 0 saturated carbocycles. The third-order valence-electron chi connectivity index (χ3n) is 2.16. The van der Waals surface area contributed by atoms with Crippen molar-refractivity contribution in [3.63, 3.8) is 0 Å². The zero-order chi connectivity index (χ0) is 8.10. The number of allylic oxidation sites excluding steroid dienone is 2. The Morgan fingerprint density at radius 2 is 2.18 bits per heavy atom. The number of ketones is 1. The summed E-state index contributed by atoms with van der Waals surface area (Å²) in [5.41, 5.74) is 1.38. The summed E-state index contributed by atoms with van der Waals surface area (Å²) in [7, 11) is 0. The van der Waals surface area contributed by atoms with Gasteiger partial charge < -0.3 is 0 Å². The minimum atomic E-state index is 0.330. The maximum absolute atomic E-state index is 10.8. The lowest BCUT2D eigenvalue weighted by Gasteiger charge is -1.98. The fourth-order valence-electron chi connectivity index (χ4n) is 1.45. The summed E-state index contributed by atoms with van der Waals surface area (Å²) in [5.74, 6) is 0.330. The molecule has 0 radical (unpaired) electrons. The van der Waals surface area contributed by atoms with E-state index in [9.17, 15) is 4.79 Å². The molecule has 1 nitrogen and oxygen atoms in total. The van der Waals surface area contributed by atoms with E-state index in [1.165, 1.54) is 24.8 Å². The molecule has 0 aliphatic heterocycles. The highest BCUT2D eigenvalue weighted by atomic mass is 16.1. The van der Waals surface area contributed by atoms with Crippen LogP contribution in [0.2, 0.25) is 0 Å². The summed E-state index contributed by atoms with van der Waals surface area (Å²) in [6, 6.07) is 0. The van der Waals surface area contributed by atoms with Gasteiger partial charge in [0.15, 0.2) is 5.78 Å². The number of carbonyl (C=O) groups is 1. The topological polar surface area (TPSA) is 17.1 Å². The number of carbonyl (C=O) groups excluding carboxylic acids is 1. The van der Waals surface area contributed by atoms with Crippen molar-refractivity contribution in [2.45, 2.75) is 45.4 Å². The first-order chi connectivity index (χ1) is 5.33. The van der Waals surface area contributed by atoms with Crippen LogP contribution in [-0.2, 0) is 4.79 Å². The van der Waals surface area contributed by atoms with Crippen LogP contribution in [0.1, 0.15) is 45.4 Å². The van der Waals surface area contributed by atoms with Gasteiger partial charge in [0.05, 0.1) is 0 Å². The lowest BCUT2D eigenvalue weighted by molar-refractivity contribution is -0.114. The van der Waals surface area contributed by atoms with Crippen LogP contribution >= 0.6 is 0 Å². The molecule has 1 aliphatic carbocycles. The van der Waals surface area contributed by atoms with Crippen molar-refractivity contribution in [1.29, 1.82) is 0 Å². The zero-order valence-electron chi connectivity index (χ0n) is 7.23. The smallest absolute Gasteiger partial charge is 0.155 e. The number of rotatable bonds is 4. The molecule has 1 aliphatic rings. The Morgan fingerprint density at radius 3 is 2.73 bits per heavy atom. The predicted molar refractivity (Wildman–Crippen MR) is 46.5 cm³/mol. The van der Waals surface area contributed by atoms with Crippen LogP contribution in [0.15, 0.2) is 11.6 Å². The molecule has 0 aromatic rings. The molecule has 62 valence electrons. The fraction of sp³-hybridized carbons (Fsp3) is 0.700. The molecule has 0 aromatic heterocycles. The van der Waals surface area contributed by atoms with Crippen LogP contribution < -0.4 is 0 Å². The highest BCUT2D eigenvalue weighted by molar-refractivity contribution is 5.92. The van der Waals surface area contributed by atoms with Gasteiger partial charge in [0.2, 0.25) is 0 Å². The summed E-state index contributed by atoms with van der Waals surface area (Å²) < 4.78 is 0. The Balaban J connectivity index is 2.17. The molecule has 0 fully saturated rings. The first-order valence-electron chi connectivity index (χ1n) is 4.55. The van der Waals surface area contributed by atoms with Crippen molar-refractivity contribution in [3.05, 3.63) is 11.6 Å². The summed E-state index contributed by atoms with van der Waals surface area (Å²) in [4.78, 5) is 10.8. The van der Waals surface area contributed by atoms with Gasteiger partial charge in [-0.25, -0.2) is 0 Å². The molecule has 0 N–H and O–H groups in total. The van der Waals surface area contributed by atoms with E-state index >= 15 is 0 Å². The molecule has 0 bridgehead atoms. The van der Waals surface area contributed by atoms with Gasteiger partial charge in [-0.1, -0.05) is 25.3 Å². The standard InChI is InChI=1S/C10H16O/c1-2-3-4-5-9-6-7-10(11)8-9/h8H,2-7H2,1H3. The Morgan fingerprint density at radius 1 is 1.36 bits per heavy atom. The minimum Gasteiger partial charge on any atom is -0.295 e. The molecule has 0 aromatic carbocycles. The molecule has 0 heterocycles. The second-order valence-electron chi connectivity index (χ2n) is 3.23. The zero-order valence-corrected chi connectivity index (χ0v) is 7.23. The van der Waals surface area contributed by atoms with Gasteiger partial charge >= 0.3 is 0 Å². The molecular weight excluding hydrogens is 136 g/mol. The lowest BCUT2D eigenvalue weighted by atomic mass is 10.1. The molecule has 0 spiro atoms. The summed E-state index contributed by atoms with van der Waals surface area (Å²) in [5, 5.41) is 0. The van der Waals surface area contributed by atoms with Crippen LogP contribution in [0.4, 0.5) is 0 Å². The largest absolute Gasteiger partial charge is 0.295 e. The quantitative estimate of drug-likeness (QED) is 0.566. The highest BCUT2D eigenvalue weighted by Crippen LogP contribution is 2.20. The van der Waals surface area contributed by atoms with E-state index < -0.39 is 0 Å². The molecular formula is C10H16O. The maximum atomic E-state index is 10.8. The summed E-state index contributed by atoms with van der Waals surface area (Å²) in [6.45, 7) is 2.20. The number of unbranched alkanes of at least 4 members (excludes halogenated alkanes) is 2. The van der Waals surface area contributed by atoms with E-state index in [-0.39, 0.29) is 0 Å². The highest BCUT2D eigenvalue weighted by Gasteiger charge is 2.10. The molecule has 0 saturated heterocycles. The van der Waals surface area contributed by atoms with Gasteiger partial charge in [-0.2, -0.15) is 0 Å². The summed E-state index contributed by atoms with van der Waals surface area (Å²) in [6.07, 6.45) is 8.61. The Labute approximate surface area is 68.5 Å². The first-order valence-corrected chi connectivity index (χ1v) is 4.55. The van der Waals surface area contributed by atoms with E-state index in [0.29, 0.717) is 5.78 Å². The number of hydrogen-bond acceptors (Lipinski definition) is 1. The molecule has 0 atom stereocenters. The fourth-order valence-corrected chi connectivity index (χ4v) is 1.45. The van der Waals surface area contributed by atoms with Gasteiger partial charge in [-0.05, 0) is 25.3 Å². The molecule has 0 amide bonds. The van der Waals surface area contributed by atoms with Gasteiger partial charge in [0.25, 0.3) is 0 Å². The SMILES string of the molecule is CCCCCC1=CC(=O)CC1. The minimum absolute atomic E-state index is 0.330. The molecule has 0 unspecified atom stereocenters. The van der Waals surface area contributed by atoms with Gasteiger partial charge in [0, 0.05) is 6.42 Å². The van der Waals surface area contributed by atoms with Crippen LogP contribution in [0, 0.1) is 0 Å². The Hall–Kier alpha value is -0.590. The van der Waals surface area contributed by atoms with Crippen molar-refractivity contribution in [1.82, 2.24) is 0 Å². The second-order valence-corrected chi connectivity index (χ2v) is 3.23. The van der Waals surface area contributed by atoms with Crippen LogP contribution in [-0.4, -0.2) is 5.78 Å². The second kappa shape index (κ2) is 4.32. The van der Waals surface area contributed by atoms with Crippen LogP contribution in [0.5, 0.6) is 0 Å². The molecule has 1 heteroatoms. The van der Waals surface area contributed by atoms with Crippen molar-refractivity contribution >= 4 is 5.78 Å². The van der Waals surface area contributed by atoms with E-state index in [1.807, 2.05) is 6.08 Å². The van der Waals surface area contributed by atoms with E-state index in [4.69, 9.17) is 0 Å². The van der Waals surface area contributed by atoms with Gasteiger partial charge in [-0.3, -0.25) is 4.79 Å². The normalized spacial score (nSPS) is 17.2. The maximum Gasteiger partial charge on any atom is 0.155 e. The predicted octanol–water partition coefficient (Wildman–Crippen LogP) is 2.86. The third kappa shape index (κ3) is 2.87. The third-order valence-corrected chi connectivity index (χ3v) is 2.16. The average Bonchev–Trinajstić information content (AvgIpc) is 2.37. The van der Waals surface area contributed by atoms with Crippen LogP contribution in [0.25, 0.3) is 0 Å². The monoisotopic (exact) mass is 152 g/mol. The van der Waals surface area contributed by atoms with Gasteiger partial charge in [0.1, 0.15) is 0 Å². The molecule has 1 rings (SSSR count). The first kappa shape index (κ1) is 8.51. The van der Waals surface area contributed by atoms with E-state index in [2.05, 4.69) is 6.92 Å². The summed E-state index contributed by atoms with van der Waals surface area (Å²) >= 11 is 0. The van der Waals surface area contributed by atoms with E-state index in [0.717, 1.165) is 19.3 Å². The Kier molecular flexibility index (Phi) is 3.34. The Bertz CT molecular complexity index is 168. The van der Waals surface area contributed by atoms with Crippen molar-refractivity contribution in [2.24, 2.45) is 0 Å². The van der Waals surface area contributed by atoms with E-state index in [1.54, 1.807) is 0 Å². The lowest BCUT2D eigenvalue weighted by Crippen LogP contribution is -1.80. The average molecular weight is 152 g/mol. The van der Waals surface area contributed by atoms with Crippen LogP contribution in [0.3, 0.4) is 0 Å². The van der Waals surface area contributed by atoms with Crippen molar-refractivity contribution in [2.75, 3.05) is 0 Å². The van der Waals surface area contributed by atoms with Gasteiger partial charge in [-0.15, -0.1) is 0 Å².